The summed E-state index contributed by atoms with van der Waals surface area (Å²) < 4.78 is 25.4. The molecule has 1 fully saturated rings. The molecule has 4 heteroatoms. The van der Waals surface area contributed by atoms with Crippen molar-refractivity contribution in [2.45, 2.75) is 38.0 Å². The van der Waals surface area contributed by atoms with Crippen molar-refractivity contribution in [1.29, 1.82) is 0 Å². The number of halogens is 2. The van der Waals surface area contributed by atoms with E-state index in [0.717, 1.165) is 0 Å². The number of ketones is 2. The van der Waals surface area contributed by atoms with E-state index in [2.05, 4.69) is 0 Å². The molecular weight excluding hydrogens is 166 g/mol. The van der Waals surface area contributed by atoms with Crippen molar-refractivity contribution < 1.29 is 18.4 Å². The van der Waals surface area contributed by atoms with Crippen LogP contribution in [-0.4, -0.2) is 17.5 Å². The zero-order valence-electron chi connectivity index (χ0n) is 6.61. The molecule has 0 aromatic rings. The molecule has 0 spiro atoms. The molecule has 0 aromatic heterocycles. The molecule has 0 radical (unpaired) electrons. The lowest BCUT2D eigenvalue weighted by Gasteiger charge is -2.16. The summed E-state index contributed by atoms with van der Waals surface area (Å²) in [5, 5.41) is 0. The summed E-state index contributed by atoms with van der Waals surface area (Å²) in [5.74, 6) is -5.82. The number of Topliss-reactive ketones (excluding diaryl/α,β-unsaturated/α-hetero) is 2. The van der Waals surface area contributed by atoms with Crippen LogP contribution in [0.3, 0.4) is 0 Å². The number of hydrogen-bond donors (Lipinski definition) is 0. The van der Waals surface area contributed by atoms with Crippen molar-refractivity contribution in [2.24, 2.45) is 0 Å². The lowest BCUT2D eigenvalue weighted by Crippen LogP contribution is -2.36. The molecule has 12 heavy (non-hydrogen) atoms. The zero-order valence-corrected chi connectivity index (χ0v) is 6.61. The average Bonchev–Trinajstić information content (AvgIpc) is 2.00. The van der Waals surface area contributed by atoms with Gasteiger partial charge in [-0.05, 0) is 12.8 Å². The molecule has 0 aromatic carbocycles. The summed E-state index contributed by atoms with van der Waals surface area (Å²) in [4.78, 5) is 21.5. The number of carbonyl (C=O) groups is 2. The third kappa shape index (κ3) is 1.87. The maximum Gasteiger partial charge on any atom is 0.312 e. The van der Waals surface area contributed by atoms with Crippen molar-refractivity contribution in [3.8, 4) is 0 Å². The first-order valence-corrected chi connectivity index (χ1v) is 3.99. The molecule has 68 valence electrons. The normalized spacial score (nSPS) is 24.8. The number of hydrogen-bond acceptors (Lipinski definition) is 2. The van der Waals surface area contributed by atoms with Gasteiger partial charge in [-0.1, -0.05) is 6.42 Å². The number of rotatable bonds is 0. The van der Waals surface area contributed by atoms with Gasteiger partial charge >= 0.3 is 5.92 Å². The van der Waals surface area contributed by atoms with Crippen LogP contribution >= 0.6 is 0 Å². The molecule has 1 aliphatic rings. The average molecular weight is 176 g/mol. The Hall–Kier alpha value is -0.800. The minimum Gasteiger partial charge on any atom is -0.291 e. The van der Waals surface area contributed by atoms with Gasteiger partial charge in [0.25, 0.3) is 5.78 Å². The van der Waals surface area contributed by atoms with Gasteiger partial charge in [0.1, 0.15) is 0 Å². The van der Waals surface area contributed by atoms with Gasteiger partial charge in [0.05, 0.1) is 0 Å². The van der Waals surface area contributed by atoms with E-state index >= 15 is 0 Å². The van der Waals surface area contributed by atoms with Crippen LogP contribution in [0.4, 0.5) is 8.78 Å². The monoisotopic (exact) mass is 176 g/mol. The zero-order chi connectivity index (χ0) is 9.19. The molecule has 0 bridgehead atoms. The second-order valence-corrected chi connectivity index (χ2v) is 3.02. The van der Waals surface area contributed by atoms with Crippen LogP contribution in [-0.2, 0) is 9.59 Å². The first kappa shape index (κ1) is 9.29. The fourth-order valence-corrected chi connectivity index (χ4v) is 1.24. The van der Waals surface area contributed by atoms with E-state index in [-0.39, 0.29) is 6.42 Å². The number of alkyl halides is 2. The van der Waals surface area contributed by atoms with Gasteiger partial charge in [-0.25, -0.2) is 0 Å². The summed E-state index contributed by atoms with van der Waals surface area (Å²) >= 11 is 0. The second-order valence-electron chi connectivity index (χ2n) is 3.02. The fourth-order valence-electron chi connectivity index (χ4n) is 1.24. The number of carbonyl (C=O) groups excluding carboxylic acids is 2. The largest absolute Gasteiger partial charge is 0.312 e. The Bertz CT molecular complexity index is 211. The van der Waals surface area contributed by atoms with E-state index in [9.17, 15) is 18.4 Å². The molecule has 1 saturated carbocycles. The van der Waals surface area contributed by atoms with Crippen LogP contribution in [0.1, 0.15) is 32.1 Å². The molecule has 0 saturated heterocycles. The predicted octanol–water partition coefficient (Wildman–Crippen LogP) is 1.72. The topological polar surface area (TPSA) is 34.1 Å². The van der Waals surface area contributed by atoms with E-state index in [1.807, 2.05) is 0 Å². The Morgan fingerprint density at radius 2 is 1.75 bits per heavy atom. The smallest absolute Gasteiger partial charge is 0.291 e. The van der Waals surface area contributed by atoms with Gasteiger partial charge in [-0.3, -0.25) is 9.59 Å². The molecule has 0 atom stereocenters. The summed E-state index contributed by atoms with van der Waals surface area (Å²) in [7, 11) is 0. The van der Waals surface area contributed by atoms with Crippen molar-refractivity contribution in [3.63, 3.8) is 0 Å². The molecule has 0 N–H and O–H groups in total. The van der Waals surface area contributed by atoms with Crippen molar-refractivity contribution in [2.75, 3.05) is 0 Å². The highest BCUT2D eigenvalue weighted by molar-refractivity contribution is 6.39. The van der Waals surface area contributed by atoms with Crippen molar-refractivity contribution in [1.82, 2.24) is 0 Å². The molecule has 0 heterocycles. The highest BCUT2D eigenvalue weighted by Gasteiger charge is 2.42. The molecule has 0 unspecified atom stereocenters. The third-order valence-electron chi connectivity index (χ3n) is 1.98. The van der Waals surface area contributed by atoms with Crippen LogP contribution < -0.4 is 0 Å². The molecular formula is C8H10F2O2. The van der Waals surface area contributed by atoms with Crippen LogP contribution in [0, 0.1) is 0 Å². The summed E-state index contributed by atoms with van der Waals surface area (Å²) in [6, 6.07) is 0. The van der Waals surface area contributed by atoms with Crippen LogP contribution in [0.25, 0.3) is 0 Å². The van der Waals surface area contributed by atoms with E-state index in [0.29, 0.717) is 19.3 Å². The summed E-state index contributed by atoms with van der Waals surface area (Å²) in [5.41, 5.74) is 0. The maximum atomic E-state index is 12.7. The SMILES string of the molecule is O=C1CCCCCC(F)(F)C1=O. The quantitative estimate of drug-likeness (QED) is 0.526. The lowest BCUT2D eigenvalue weighted by atomic mass is 9.96. The Labute approximate surface area is 68.9 Å². The van der Waals surface area contributed by atoms with Gasteiger partial charge < -0.3 is 0 Å². The van der Waals surface area contributed by atoms with Gasteiger partial charge in [-0.15, -0.1) is 0 Å². The fraction of sp³-hybridized carbons (Fsp3) is 0.750. The Kier molecular flexibility index (Phi) is 2.55. The Morgan fingerprint density at radius 3 is 2.42 bits per heavy atom. The molecule has 0 amide bonds. The van der Waals surface area contributed by atoms with E-state index in [1.54, 1.807) is 0 Å². The third-order valence-corrected chi connectivity index (χ3v) is 1.98. The van der Waals surface area contributed by atoms with E-state index in [1.165, 1.54) is 0 Å². The van der Waals surface area contributed by atoms with E-state index < -0.39 is 23.9 Å². The second kappa shape index (κ2) is 3.29. The maximum absolute atomic E-state index is 12.7. The summed E-state index contributed by atoms with van der Waals surface area (Å²) in [6.45, 7) is 0. The highest BCUT2D eigenvalue weighted by atomic mass is 19.3. The molecule has 1 aliphatic carbocycles. The first-order valence-electron chi connectivity index (χ1n) is 3.99. The van der Waals surface area contributed by atoms with Crippen LogP contribution in [0.15, 0.2) is 0 Å². The van der Waals surface area contributed by atoms with E-state index in [4.69, 9.17) is 0 Å². The van der Waals surface area contributed by atoms with Gasteiger partial charge in [0, 0.05) is 12.8 Å². The van der Waals surface area contributed by atoms with Crippen molar-refractivity contribution >= 4 is 11.6 Å². The van der Waals surface area contributed by atoms with Crippen LogP contribution in [0.2, 0.25) is 0 Å². The first-order chi connectivity index (χ1) is 5.54. The minimum absolute atomic E-state index is 0.0194. The van der Waals surface area contributed by atoms with Crippen LogP contribution in [0.5, 0.6) is 0 Å². The Balaban J connectivity index is 2.74. The summed E-state index contributed by atoms with van der Waals surface area (Å²) in [6.07, 6.45) is 0.993. The molecule has 1 rings (SSSR count). The van der Waals surface area contributed by atoms with Gasteiger partial charge in [-0.2, -0.15) is 8.78 Å². The van der Waals surface area contributed by atoms with Gasteiger partial charge in [0.15, 0.2) is 0 Å². The molecule has 2 nitrogen and oxygen atoms in total. The minimum atomic E-state index is -3.41. The standard InChI is InChI=1S/C8H10F2O2/c9-8(10)5-3-1-2-4-6(11)7(8)12/h1-5H2. The molecule has 0 aliphatic heterocycles. The highest BCUT2D eigenvalue weighted by Crippen LogP contribution is 2.26. The predicted molar refractivity (Wildman–Crippen MR) is 38.0 cm³/mol. The lowest BCUT2D eigenvalue weighted by molar-refractivity contribution is -0.154. The van der Waals surface area contributed by atoms with Gasteiger partial charge in [0.2, 0.25) is 5.78 Å². The Morgan fingerprint density at radius 1 is 1.08 bits per heavy atom. The van der Waals surface area contributed by atoms with Crippen molar-refractivity contribution in [3.05, 3.63) is 0 Å².